The highest BCUT2D eigenvalue weighted by molar-refractivity contribution is 7.16. The second kappa shape index (κ2) is 8.51. The summed E-state index contributed by atoms with van der Waals surface area (Å²) in [5, 5.41) is 2.83. The van der Waals surface area contributed by atoms with Gasteiger partial charge < -0.3 is 10.1 Å². The maximum Gasteiger partial charge on any atom is 0.341 e. The molecule has 0 aliphatic carbocycles. The lowest BCUT2D eigenvalue weighted by Gasteiger charge is -2.16. The number of carbonyl (C=O) groups excluding carboxylic acids is 5. The standard InChI is InChI=1S/C18H23N3O6S/c1-6-27-17(25)13-10(4)11(5)28-14(13)19-12(22)8-21-16(24)15(23)20(18(21)26)7-9(2)3/h9H,6-8H2,1-5H3,(H,19,22). The first-order valence-corrected chi connectivity index (χ1v) is 9.64. The van der Waals surface area contributed by atoms with Crippen LogP contribution >= 0.6 is 11.3 Å². The van der Waals surface area contributed by atoms with E-state index in [0.717, 1.165) is 9.78 Å². The molecule has 1 aliphatic rings. The first-order chi connectivity index (χ1) is 13.1. The lowest BCUT2D eigenvalue weighted by Crippen LogP contribution is -2.39. The highest BCUT2D eigenvalue weighted by Gasteiger charge is 2.45. The van der Waals surface area contributed by atoms with Gasteiger partial charge >= 0.3 is 23.8 Å². The van der Waals surface area contributed by atoms with Crippen LogP contribution in [0.4, 0.5) is 9.80 Å². The number of ether oxygens (including phenoxy) is 1. The van der Waals surface area contributed by atoms with Crippen molar-refractivity contribution >= 4 is 46.1 Å². The van der Waals surface area contributed by atoms with E-state index in [-0.39, 0.29) is 29.6 Å². The van der Waals surface area contributed by atoms with Gasteiger partial charge in [-0.05, 0) is 32.3 Å². The van der Waals surface area contributed by atoms with Gasteiger partial charge in [-0.15, -0.1) is 11.3 Å². The van der Waals surface area contributed by atoms with Crippen LogP contribution in [0.2, 0.25) is 0 Å². The third-order valence-corrected chi connectivity index (χ3v) is 5.23. The number of esters is 1. The van der Waals surface area contributed by atoms with Crippen molar-refractivity contribution in [2.75, 3.05) is 25.0 Å². The molecule has 1 aromatic heterocycles. The summed E-state index contributed by atoms with van der Waals surface area (Å²) in [4.78, 5) is 63.3. The van der Waals surface area contributed by atoms with Crippen LogP contribution in [0.1, 0.15) is 41.6 Å². The summed E-state index contributed by atoms with van der Waals surface area (Å²) in [6.45, 7) is 8.49. The van der Waals surface area contributed by atoms with E-state index in [9.17, 15) is 24.0 Å². The zero-order valence-corrected chi connectivity index (χ0v) is 17.3. The van der Waals surface area contributed by atoms with Crippen LogP contribution in [0.25, 0.3) is 0 Å². The fourth-order valence-corrected chi connectivity index (χ4v) is 3.75. The highest BCUT2D eigenvalue weighted by Crippen LogP contribution is 2.33. The fraction of sp³-hybridized carbons (Fsp3) is 0.500. The molecule has 1 fully saturated rings. The van der Waals surface area contributed by atoms with Gasteiger partial charge in [0.15, 0.2) is 0 Å². The van der Waals surface area contributed by atoms with Crippen molar-refractivity contribution in [3.8, 4) is 0 Å². The summed E-state index contributed by atoms with van der Waals surface area (Å²) in [6.07, 6.45) is 0. The SMILES string of the molecule is CCOC(=O)c1c(NC(=O)CN2C(=O)C(=O)N(CC(C)C)C2=O)sc(C)c1C. The maximum absolute atomic E-state index is 12.4. The molecular weight excluding hydrogens is 386 g/mol. The van der Waals surface area contributed by atoms with Crippen molar-refractivity contribution in [2.45, 2.75) is 34.6 Å². The van der Waals surface area contributed by atoms with Gasteiger partial charge in [0, 0.05) is 11.4 Å². The smallest absolute Gasteiger partial charge is 0.341 e. The number of carbonyl (C=O) groups is 5. The normalized spacial score (nSPS) is 14.3. The number of amides is 5. The topological polar surface area (TPSA) is 113 Å². The summed E-state index contributed by atoms with van der Waals surface area (Å²) in [5.41, 5.74) is 0.930. The molecule has 2 heterocycles. The van der Waals surface area contributed by atoms with Gasteiger partial charge in [0.25, 0.3) is 0 Å². The zero-order valence-electron chi connectivity index (χ0n) is 16.5. The van der Waals surface area contributed by atoms with Crippen molar-refractivity contribution in [1.82, 2.24) is 9.80 Å². The van der Waals surface area contributed by atoms with Gasteiger partial charge in [-0.3, -0.25) is 19.3 Å². The average Bonchev–Trinajstić information content (AvgIpc) is 2.98. The summed E-state index contributed by atoms with van der Waals surface area (Å²) < 4.78 is 5.02. The molecule has 1 saturated heterocycles. The molecule has 0 bridgehead atoms. The van der Waals surface area contributed by atoms with Crippen LogP contribution in [0.5, 0.6) is 0 Å². The number of nitrogens with zero attached hydrogens (tertiary/aromatic N) is 2. The summed E-state index contributed by atoms with van der Waals surface area (Å²) in [6, 6.07) is -0.817. The van der Waals surface area contributed by atoms with Crippen LogP contribution in [0, 0.1) is 19.8 Å². The van der Waals surface area contributed by atoms with Gasteiger partial charge in [-0.25, -0.2) is 14.5 Å². The first-order valence-electron chi connectivity index (χ1n) is 8.82. The van der Waals surface area contributed by atoms with Crippen molar-refractivity contribution < 1.29 is 28.7 Å². The number of rotatable bonds is 7. The molecule has 28 heavy (non-hydrogen) atoms. The Morgan fingerprint density at radius 1 is 1.11 bits per heavy atom. The Bertz CT molecular complexity index is 845. The predicted octanol–water partition coefficient (Wildman–Crippen LogP) is 1.93. The number of aryl methyl sites for hydroxylation is 1. The highest BCUT2D eigenvalue weighted by atomic mass is 32.1. The van der Waals surface area contributed by atoms with Crippen LogP contribution in [-0.2, 0) is 19.1 Å². The quantitative estimate of drug-likeness (QED) is 0.418. The summed E-state index contributed by atoms with van der Waals surface area (Å²) >= 11 is 1.19. The Kier molecular flexibility index (Phi) is 6.55. The lowest BCUT2D eigenvalue weighted by atomic mass is 10.1. The number of imide groups is 2. The van der Waals surface area contributed by atoms with Crippen LogP contribution in [-0.4, -0.2) is 59.2 Å². The Morgan fingerprint density at radius 3 is 2.29 bits per heavy atom. The van der Waals surface area contributed by atoms with Gasteiger partial charge in [0.1, 0.15) is 11.5 Å². The molecule has 2 rings (SSSR count). The Morgan fingerprint density at radius 2 is 1.71 bits per heavy atom. The van der Waals surface area contributed by atoms with Crippen molar-refractivity contribution in [3.63, 3.8) is 0 Å². The molecular formula is C18H23N3O6S. The average molecular weight is 409 g/mol. The minimum Gasteiger partial charge on any atom is -0.462 e. The molecule has 9 nitrogen and oxygen atoms in total. The molecule has 0 spiro atoms. The van der Waals surface area contributed by atoms with Gasteiger partial charge in [0.2, 0.25) is 5.91 Å². The summed E-state index contributed by atoms with van der Waals surface area (Å²) in [7, 11) is 0. The second-order valence-electron chi connectivity index (χ2n) is 6.74. The molecule has 0 atom stereocenters. The van der Waals surface area contributed by atoms with E-state index < -0.39 is 36.3 Å². The zero-order chi connectivity index (χ0) is 21.2. The van der Waals surface area contributed by atoms with Crippen LogP contribution < -0.4 is 5.32 Å². The first kappa shape index (κ1) is 21.5. The molecule has 0 aromatic carbocycles. The van der Waals surface area contributed by atoms with E-state index in [1.165, 1.54) is 11.3 Å². The van der Waals surface area contributed by atoms with Crippen LogP contribution in [0.15, 0.2) is 0 Å². The molecule has 0 unspecified atom stereocenters. The van der Waals surface area contributed by atoms with Crippen LogP contribution in [0.3, 0.4) is 0 Å². The van der Waals surface area contributed by atoms with Gasteiger partial charge in [-0.2, -0.15) is 0 Å². The number of hydrogen-bond donors (Lipinski definition) is 1. The van der Waals surface area contributed by atoms with Crippen molar-refractivity contribution in [2.24, 2.45) is 5.92 Å². The number of urea groups is 1. The largest absolute Gasteiger partial charge is 0.462 e. The number of anilines is 1. The summed E-state index contributed by atoms with van der Waals surface area (Å²) in [5.74, 6) is -3.25. The molecule has 152 valence electrons. The third-order valence-electron chi connectivity index (χ3n) is 4.10. The molecule has 0 saturated carbocycles. The maximum atomic E-state index is 12.4. The van der Waals surface area contributed by atoms with Gasteiger partial charge in [0.05, 0.1) is 12.2 Å². The lowest BCUT2D eigenvalue weighted by molar-refractivity contribution is -0.143. The van der Waals surface area contributed by atoms with E-state index in [0.29, 0.717) is 10.5 Å². The molecule has 1 aliphatic heterocycles. The molecule has 5 amide bonds. The molecule has 10 heteroatoms. The fourth-order valence-electron chi connectivity index (χ4n) is 2.69. The molecule has 1 aromatic rings. The van der Waals surface area contributed by atoms with Crippen molar-refractivity contribution in [3.05, 3.63) is 16.0 Å². The molecule has 1 N–H and O–H groups in total. The number of nitrogens with one attached hydrogen (secondary N) is 1. The van der Waals surface area contributed by atoms with E-state index in [1.54, 1.807) is 34.6 Å². The Labute approximate surface area is 166 Å². The van der Waals surface area contributed by atoms with E-state index in [2.05, 4.69) is 5.32 Å². The Hall–Kier alpha value is -2.75. The van der Waals surface area contributed by atoms with E-state index in [4.69, 9.17) is 4.74 Å². The molecule has 0 radical (unpaired) electrons. The Balaban J connectivity index is 2.16. The number of thiophene rings is 1. The van der Waals surface area contributed by atoms with Gasteiger partial charge in [-0.1, -0.05) is 13.8 Å². The minimum atomic E-state index is -1.04. The minimum absolute atomic E-state index is 0.0151. The third kappa shape index (κ3) is 4.22. The predicted molar refractivity (Wildman–Crippen MR) is 102 cm³/mol. The van der Waals surface area contributed by atoms with E-state index in [1.807, 2.05) is 0 Å². The van der Waals surface area contributed by atoms with E-state index >= 15 is 0 Å². The monoisotopic (exact) mass is 409 g/mol. The number of hydrogen-bond acceptors (Lipinski definition) is 7. The van der Waals surface area contributed by atoms with Crippen molar-refractivity contribution in [1.29, 1.82) is 0 Å². The second-order valence-corrected chi connectivity index (χ2v) is 7.96.